The molecule has 7 heteroatoms. The van der Waals surface area contributed by atoms with Crippen LogP contribution in [0.3, 0.4) is 0 Å². The Balaban J connectivity index is 1.73. The van der Waals surface area contributed by atoms with Crippen molar-refractivity contribution in [3.05, 3.63) is 59.7 Å². The fraction of sp³-hybridized carbons (Fsp3) is 0.368. The van der Waals surface area contributed by atoms with E-state index in [2.05, 4.69) is 5.32 Å². The van der Waals surface area contributed by atoms with Gasteiger partial charge in [0, 0.05) is 5.69 Å². The van der Waals surface area contributed by atoms with Crippen LogP contribution in [0.4, 0.5) is 14.5 Å². The number of aliphatic hydroxyl groups excluding tert-OH is 1. The van der Waals surface area contributed by atoms with Crippen molar-refractivity contribution < 1.29 is 23.2 Å². The van der Waals surface area contributed by atoms with E-state index in [1.54, 1.807) is 24.3 Å². The Kier molecular flexibility index (Phi) is 4.81. The van der Waals surface area contributed by atoms with Crippen molar-refractivity contribution in [3.8, 4) is 0 Å². The number of rotatable bonds is 4. The van der Waals surface area contributed by atoms with Crippen molar-refractivity contribution in [1.82, 2.24) is 0 Å². The summed E-state index contributed by atoms with van der Waals surface area (Å²) < 4.78 is 39.5. The van der Waals surface area contributed by atoms with Crippen LogP contribution in [-0.2, 0) is 9.31 Å². The summed E-state index contributed by atoms with van der Waals surface area (Å²) in [6, 6.07) is 10.4. The van der Waals surface area contributed by atoms with E-state index in [1.165, 1.54) is 6.07 Å². The van der Waals surface area contributed by atoms with Gasteiger partial charge >= 0.3 is 7.12 Å². The standard InChI is InChI=1S/C19H22BF2NO3/c1-18(2)19(3,4)26-20(25-18)12-8-10-13(11-9-12)23-17(24)16-14(21)6-5-7-15(16)22/h5-11,17,23-24H,1-4H3. The maximum Gasteiger partial charge on any atom is 0.494 e. The molecule has 0 saturated carbocycles. The molecule has 2 N–H and O–H groups in total. The van der Waals surface area contributed by atoms with Crippen molar-refractivity contribution in [2.45, 2.75) is 45.1 Å². The van der Waals surface area contributed by atoms with Gasteiger partial charge in [-0.05, 0) is 57.4 Å². The number of benzene rings is 2. The third-order valence-corrected chi connectivity index (χ3v) is 5.01. The molecule has 1 atom stereocenters. The Morgan fingerprint density at radius 3 is 1.92 bits per heavy atom. The van der Waals surface area contributed by atoms with Crippen LogP contribution >= 0.6 is 0 Å². The molecule has 1 saturated heterocycles. The molecule has 2 aromatic rings. The highest BCUT2D eigenvalue weighted by atomic mass is 19.1. The zero-order valence-electron chi connectivity index (χ0n) is 15.2. The van der Waals surface area contributed by atoms with Crippen LogP contribution in [0.2, 0.25) is 0 Å². The molecule has 4 nitrogen and oxygen atoms in total. The minimum Gasteiger partial charge on any atom is -0.399 e. The van der Waals surface area contributed by atoms with Gasteiger partial charge in [-0.2, -0.15) is 0 Å². The van der Waals surface area contributed by atoms with Crippen LogP contribution in [0, 0.1) is 11.6 Å². The lowest BCUT2D eigenvalue weighted by Gasteiger charge is -2.32. The lowest BCUT2D eigenvalue weighted by Crippen LogP contribution is -2.41. The Morgan fingerprint density at radius 2 is 1.42 bits per heavy atom. The number of nitrogens with one attached hydrogen (secondary N) is 1. The molecule has 3 rings (SSSR count). The molecular weight excluding hydrogens is 339 g/mol. The van der Waals surface area contributed by atoms with Crippen molar-refractivity contribution in [1.29, 1.82) is 0 Å². The number of hydrogen-bond acceptors (Lipinski definition) is 4. The van der Waals surface area contributed by atoms with Gasteiger partial charge in [-0.25, -0.2) is 8.78 Å². The second-order valence-corrected chi connectivity index (χ2v) is 7.39. The highest BCUT2D eigenvalue weighted by Gasteiger charge is 2.51. The van der Waals surface area contributed by atoms with Crippen LogP contribution in [0.15, 0.2) is 42.5 Å². The summed E-state index contributed by atoms with van der Waals surface area (Å²) >= 11 is 0. The van der Waals surface area contributed by atoms with Gasteiger partial charge in [-0.15, -0.1) is 0 Å². The van der Waals surface area contributed by atoms with Crippen LogP contribution in [0.1, 0.15) is 39.5 Å². The molecular formula is C19H22BF2NO3. The minimum absolute atomic E-state index is 0.414. The number of halogens is 2. The van der Waals surface area contributed by atoms with Gasteiger partial charge in [-0.3, -0.25) is 0 Å². The third-order valence-electron chi connectivity index (χ3n) is 5.01. The first-order valence-electron chi connectivity index (χ1n) is 8.45. The van der Waals surface area contributed by atoms with Gasteiger partial charge in [0.1, 0.15) is 11.6 Å². The molecule has 26 heavy (non-hydrogen) atoms. The summed E-state index contributed by atoms with van der Waals surface area (Å²) in [7, 11) is -0.497. The Bertz CT molecular complexity index is 760. The molecule has 0 aliphatic carbocycles. The number of hydrogen-bond donors (Lipinski definition) is 2. The summed E-state index contributed by atoms with van der Waals surface area (Å²) in [6.45, 7) is 7.90. The topological polar surface area (TPSA) is 50.7 Å². The molecule has 138 valence electrons. The van der Waals surface area contributed by atoms with Crippen LogP contribution in [-0.4, -0.2) is 23.4 Å². The van der Waals surface area contributed by atoms with Crippen molar-refractivity contribution in [2.24, 2.45) is 0 Å². The summed E-state index contributed by atoms with van der Waals surface area (Å²) in [5.41, 5.74) is 0.0454. The van der Waals surface area contributed by atoms with Crippen LogP contribution in [0.5, 0.6) is 0 Å². The second-order valence-electron chi connectivity index (χ2n) is 7.39. The van der Waals surface area contributed by atoms with Gasteiger partial charge in [0.25, 0.3) is 0 Å². The number of aliphatic hydroxyl groups is 1. The third kappa shape index (κ3) is 3.47. The fourth-order valence-corrected chi connectivity index (χ4v) is 2.72. The van der Waals surface area contributed by atoms with E-state index in [1.807, 2.05) is 27.7 Å². The number of anilines is 1. The maximum absolute atomic E-state index is 13.7. The van der Waals surface area contributed by atoms with Gasteiger partial charge < -0.3 is 19.7 Å². The van der Waals surface area contributed by atoms with Crippen LogP contribution in [0.25, 0.3) is 0 Å². The average molecular weight is 361 g/mol. The monoisotopic (exact) mass is 361 g/mol. The second kappa shape index (κ2) is 6.65. The lowest BCUT2D eigenvalue weighted by molar-refractivity contribution is 0.00578. The van der Waals surface area contributed by atoms with Gasteiger partial charge in [0.05, 0.1) is 16.8 Å². The predicted molar refractivity (Wildman–Crippen MR) is 97.1 cm³/mol. The molecule has 1 aliphatic heterocycles. The Labute approximate surface area is 152 Å². The summed E-state index contributed by atoms with van der Waals surface area (Å²) in [5.74, 6) is -1.61. The smallest absolute Gasteiger partial charge is 0.399 e. The molecule has 2 aromatic carbocycles. The quantitative estimate of drug-likeness (QED) is 0.648. The van der Waals surface area contributed by atoms with E-state index < -0.39 is 41.7 Å². The average Bonchev–Trinajstić information content (AvgIpc) is 2.76. The highest BCUT2D eigenvalue weighted by Crippen LogP contribution is 2.36. The van der Waals surface area contributed by atoms with E-state index in [0.29, 0.717) is 5.69 Å². The maximum atomic E-state index is 13.7. The molecule has 0 radical (unpaired) electrons. The van der Waals surface area contributed by atoms with Crippen molar-refractivity contribution in [3.63, 3.8) is 0 Å². The summed E-state index contributed by atoms with van der Waals surface area (Å²) in [5, 5.41) is 12.8. The largest absolute Gasteiger partial charge is 0.494 e. The lowest BCUT2D eigenvalue weighted by atomic mass is 9.79. The van der Waals surface area contributed by atoms with Crippen molar-refractivity contribution >= 4 is 18.3 Å². The van der Waals surface area contributed by atoms with Gasteiger partial charge in [0.2, 0.25) is 0 Å². The van der Waals surface area contributed by atoms with Gasteiger partial charge in [-0.1, -0.05) is 18.2 Å². The predicted octanol–water partition coefficient (Wildman–Crippen LogP) is 3.37. The first-order chi connectivity index (χ1) is 12.1. The van der Waals surface area contributed by atoms with Crippen LogP contribution < -0.4 is 10.8 Å². The Morgan fingerprint density at radius 1 is 0.923 bits per heavy atom. The van der Waals surface area contributed by atoms with E-state index in [9.17, 15) is 13.9 Å². The molecule has 1 fully saturated rings. The molecule has 0 amide bonds. The fourth-order valence-electron chi connectivity index (χ4n) is 2.72. The van der Waals surface area contributed by atoms with Crippen molar-refractivity contribution in [2.75, 3.05) is 5.32 Å². The normalized spacial score (nSPS) is 19.4. The molecule has 0 aromatic heterocycles. The van der Waals surface area contributed by atoms with E-state index in [0.717, 1.165) is 17.6 Å². The SMILES string of the molecule is CC1(C)OB(c2ccc(NC(O)c3c(F)cccc3F)cc2)OC1(C)C. The first-order valence-corrected chi connectivity index (χ1v) is 8.45. The van der Waals surface area contributed by atoms with E-state index in [-0.39, 0.29) is 0 Å². The summed E-state index contributed by atoms with van der Waals surface area (Å²) in [4.78, 5) is 0. The molecule has 1 heterocycles. The zero-order chi connectivity index (χ0) is 19.1. The molecule has 0 spiro atoms. The molecule has 1 unspecified atom stereocenters. The Hall–Kier alpha value is -1.96. The minimum atomic E-state index is -1.50. The molecule has 1 aliphatic rings. The summed E-state index contributed by atoms with van der Waals surface area (Å²) in [6.07, 6.45) is -1.50. The highest BCUT2D eigenvalue weighted by molar-refractivity contribution is 6.62. The zero-order valence-corrected chi connectivity index (χ0v) is 15.2. The van der Waals surface area contributed by atoms with Gasteiger partial charge in [0.15, 0.2) is 6.23 Å². The van der Waals surface area contributed by atoms with E-state index >= 15 is 0 Å². The molecule has 0 bridgehead atoms. The van der Waals surface area contributed by atoms with E-state index in [4.69, 9.17) is 9.31 Å². The first kappa shape index (κ1) is 18.8.